The molecule has 32 heavy (non-hydrogen) atoms. The van der Waals surface area contributed by atoms with Gasteiger partial charge in [0.25, 0.3) is 5.91 Å². The van der Waals surface area contributed by atoms with E-state index in [1.807, 2.05) is 41.8 Å². The summed E-state index contributed by atoms with van der Waals surface area (Å²) >= 11 is 0. The maximum atomic E-state index is 13.0. The Bertz CT molecular complexity index is 1130. The molecule has 3 rings (SSSR count). The fraction of sp³-hybridized carbons (Fsp3) is 0.240. The smallest absolute Gasteiger partial charge is 0.255 e. The summed E-state index contributed by atoms with van der Waals surface area (Å²) in [6.45, 7) is 10.2. The van der Waals surface area contributed by atoms with Crippen LogP contribution in [0, 0.1) is 0 Å². The second-order valence-electron chi connectivity index (χ2n) is 7.32. The van der Waals surface area contributed by atoms with E-state index in [0.29, 0.717) is 30.2 Å². The molecule has 1 atom stereocenters. The summed E-state index contributed by atoms with van der Waals surface area (Å²) < 4.78 is 7.15. The van der Waals surface area contributed by atoms with Gasteiger partial charge in [-0.15, -0.1) is 13.2 Å². The van der Waals surface area contributed by atoms with Crippen LogP contribution >= 0.6 is 0 Å². The number of hydrogen-bond acceptors (Lipinski definition) is 4. The van der Waals surface area contributed by atoms with E-state index in [0.717, 1.165) is 11.0 Å². The molecule has 1 heterocycles. The van der Waals surface area contributed by atoms with E-state index in [1.165, 1.54) is 7.11 Å². The van der Waals surface area contributed by atoms with Crippen LogP contribution in [0.25, 0.3) is 11.0 Å². The number of ether oxygens (including phenoxy) is 1. The predicted octanol–water partition coefficient (Wildman–Crippen LogP) is 3.74. The fourth-order valence-corrected chi connectivity index (χ4v) is 3.59. The van der Waals surface area contributed by atoms with Gasteiger partial charge in [0.05, 0.1) is 29.7 Å². The molecule has 0 saturated carbocycles. The summed E-state index contributed by atoms with van der Waals surface area (Å²) in [6, 6.07) is 14.2. The van der Waals surface area contributed by atoms with Crippen molar-refractivity contribution >= 4 is 22.8 Å². The highest BCUT2D eigenvalue weighted by Gasteiger charge is 2.23. The number of nitrogens with zero attached hydrogens (tertiary/aromatic N) is 3. The third-order valence-corrected chi connectivity index (χ3v) is 5.12. The van der Waals surface area contributed by atoms with Crippen molar-refractivity contribution in [2.75, 3.05) is 20.2 Å². The number of para-hydroxylation sites is 3. The van der Waals surface area contributed by atoms with Crippen LogP contribution < -0.4 is 10.1 Å². The Kier molecular flexibility index (Phi) is 7.44. The van der Waals surface area contributed by atoms with Crippen LogP contribution in [0.2, 0.25) is 0 Å². The lowest BCUT2D eigenvalue weighted by atomic mass is 10.1. The number of nitrogens with one attached hydrogen (secondary N) is 1. The molecule has 0 aliphatic carbocycles. The molecule has 1 aromatic heterocycles. The van der Waals surface area contributed by atoms with Crippen LogP contribution in [0.15, 0.2) is 73.8 Å². The molecule has 0 fully saturated rings. The van der Waals surface area contributed by atoms with E-state index in [9.17, 15) is 9.59 Å². The number of carbonyl (C=O) groups is 2. The van der Waals surface area contributed by atoms with Crippen LogP contribution in [0.1, 0.15) is 29.1 Å². The zero-order valence-corrected chi connectivity index (χ0v) is 18.5. The Morgan fingerprint density at radius 3 is 2.47 bits per heavy atom. The zero-order valence-electron chi connectivity index (χ0n) is 18.5. The highest BCUT2D eigenvalue weighted by Crippen LogP contribution is 2.23. The molecule has 0 aliphatic heterocycles. The number of fused-ring (bicyclic) bond motifs is 1. The summed E-state index contributed by atoms with van der Waals surface area (Å²) in [5.41, 5.74) is 2.02. The topological polar surface area (TPSA) is 76.5 Å². The molecular formula is C25H28N4O3. The second kappa shape index (κ2) is 10.4. The molecular weight excluding hydrogens is 404 g/mol. The van der Waals surface area contributed by atoms with Crippen molar-refractivity contribution in [1.82, 2.24) is 19.8 Å². The van der Waals surface area contributed by atoms with Crippen molar-refractivity contribution in [3.63, 3.8) is 0 Å². The molecule has 7 heteroatoms. The van der Waals surface area contributed by atoms with Gasteiger partial charge in [-0.05, 0) is 31.2 Å². The summed E-state index contributed by atoms with van der Waals surface area (Å²) in [7, 11) is 1.53. The van der Waals surface area contributed by atoms with Crippen LogP contribution in [0.5, 0.6) is 5.75 Å². The van der Waals surface area contributed by atoms with Crippen LogP contribution in [-0.4, -0.2) is 46.5 Å². The number of hydrogen-bond donors (Lipinski definition) is 1. The maximum Gasteiger partial charge on any atom is 0.255 e. The van der Waals surface area contributed by atoms with Gasteiger partial charge >= 0.3 is 0 Å². The van der Waals surface area contributed by atoms with E-state index in [-0.39, 0.29) is 18.4 Å². The number of methoxy groups -OCH3 is 1. The lowest BCUT2D eigenvalue weighted by Crippen LogP contribution is -2.35. The molecule has 0 bridgehead atoms. The Labute approximate surface area is 188 Å². The first-order valence-electron chi connectivity index (χ1n) is 10.4. The maximum absolute atomic E-state index is 13.0. The molecule has 0 spiro atoms. The number of benzene rings is 2. The van der Waals surface area contributed by atoms with Gasteiger partial charge in [0.2, 0.25) is 5.91 Å². The standard InChI is InChI=1S/C25H28N4O3/c1-5-15-28(16-6-2)23(30)17-29-21-13-9-8-12-20(21)27-24(29)18(3)26-25(31)19-11-7-10-14-22(19)32-4/h5-14,18H,1-2,15-17H2,3-4H3,(H,26,31). The molecule has 0 saturated heterocycles. The lowest BCUT2D eigenvalue weighted by molar-refractivity contribution is -0.130. The summed E-state index contributed by atoms with van der Waals surface area (Å²) in [6.07, 6.45) is 3.37. The van der Waals surface area contributed by atoms with Crippen molar-refractivity contribution in [2.24, 2.45) is 0 Å². The molecule has 0 aliphatic rings. The second-order valence-corrected chi connectivity index (χ2v) is 7.32. The van der Waals surface area contributed by atoms with Crippen molar-refractivity contribution in [3.05, 3.63) is 85.2 Å². The highest BCUT2D eigenvalue weighted by atomic mass is 16.5. The van der Waals surface area contributed by atoms with Crippen molar-refractivity contribution < 1.29 is 14.3 Å². The monoisotopic (exact) mass is 432 g/mol. The Hall–Kier alpha value is -3.87. The van der Waals surface area contributed by atoms with E-state index in [2.05, 4.69) is 18.5 Å². The molecule has 7 nitrogen and oxygen atoms in total. The van der Waals surface area contributed by atoms with Gasteiger partial charge in [-0.1, -0.05) is 36.4 Å². The number of imidazole rings is 1. The molecule has 3 aromatic rings. The summed E-state index contributed by atoms with van der Waals surface area (Å²) in [5, 5.41) is 2.98. The summed E-state index contributed by atoms with van der Waals surface area (Å²) in [5.74, 6) is 0.725. The molecule has 2 amide bonds. The Morgan fingerprint density at radius 2 is 1.78 bits per heavy atom. The van der Waals surface area contributed by atoms with E-state index >= 15 is 0 Å². The molecule has 0 radical (unpaired) electrons. The zero-order chi connectivity index (χ0) is 23.1. The molecule has 166 valence electrons. The third-order valence-electron chi connectivity index (χ3n) is 5.12. The number of amides is 2. The Balaban J connectivity index is 1.92. The van der Waals surface area contributed by atoms with Gasteiger partial charge in [-0.2, -0.15) is 0 Å². The minimum atomic E-state index is -0.445. The first kappa shape index (κ1) is 22.8. The SMILES string of the molecule is C=CCN(CC=C)C(=O)Cn1c(C(C)NC(=O)c2ccccc2OC)nc2ccccc21. The van der Waals surface area contributed by atoms with Crippen LogP contribution in [0.3, 0.4) is 0 Å². The molecule has 1 N–H and O–H groups in total. The lowest BCUT2D eigenvalue weighted by Gasteiger charge is -2.22. The van der Waals surface area contributed by atoms with Crippen molar-refractivity contribution in [3.8, 4) is 5.75 Å². The van der Waals surface area contributed by atoms with Gasteiger partial charge in [-0.25, -0.2) is 4.98 Å². The molecule has 2 aromatic carbocycles. The van der Waals surface area contributed by atoms with Gasteiger partial charge in [-0.3, -0.25) is 9.59 Å². The van der Waals surface area contributed by atoms with Gasteiger partial charge in [0, 0.05) is 13.1 Å². The number of aromatic nitrogens is 2. The first-order chi connectivity index (χ1) is 15.5. The van der Waals surface area contributed by atoms with Gasteiger partial charge in [0.1, 0.15) is 18.1 Å². The predicted molar refractivity (Wildman–Crippen MR) is 126 cm³/mol. The van der Waals surface area contributed by atoms with Crippen LogP contribution in [-0.2, 0) is 11.3 Å². The van der Waals surface area contributed by atoms with Gasteiger partial charge < -0.3 is 19.5 Å². The first-order valence-corrected chi connectivity index (χ1v) is 10.4. The van der Waals surface area contributed by atoms with E-state index in [4.69, 9.17) is 9.72 Å². The minimum absolute atomic E-state index is 0.0857. The van der Waals surface area contributed by atoms with E-state index in [1.54, 1.807) is 35.3 Å². The van der Waals surface area contributed by atoms with Gasteiger partial charge in [0.15, 0.2) is 0 Å². The highest BCUT2D eigenvalue weighted by molar-refractivity contribution is 5.97. The average molecular weight is 433 g/mol. The fourth-order valence-electron chi connectivity index (χ4n) is 3.59. The number of carbonyl (C=O) groups excluding carboxylic acids is 2. The van der Waals surface area contributed by atoms with Crippen molar-refractivity contribution in [1.29, 1.82) is 0 Å². The third kappa shape index (κ3) is 4.88. The summed E-state index contributed by atoms with van der Waals surface area (Å²) in [4.78, 5) is 32.3. The molecule has 1 unspecified atom stereocenters. The van der Waals surface area contributed by atoms with E-state index < -0.39 is 6.04 Å². The quantitative estimate of drug-likeness (QED) is 0.495. The number of rotatable bonds is 10. The largest absolute Gasteiger partial charge is 0.496 e. The van der Waals surface area contributed by atoms with Crippen molar-refractivity contribution in [2.45, 2.75) is 19.5 Å². The minimum Gasteiger partial charge on any atom is -0.496 e. The normalized spacial score (nSPS) is 11.6. The average Bonchev–Trinajstić information content (AvgIpc) is 3.17. The Morgan fingerprint density at radius 1 is 1.12 bits per heavy atom. The van der Waals surface area contributed by atoms with Crippen LogP contribution in [0.4, 0.5) is 0 Å².